The Labute approximate surface area is 219 Å². The van der Waals surface area contributed by atoms with E-state index in [0.717, 1.165) is 16.2 Å². The first-order valence-corrected chi connectivity index (χ1v) is 12.4. The lowest BCUT2D eigenvalue weighted by atomic mass is 9.82. The van der Waals surface area contributed by atoms with E-state index >= 15 is 0 Å². The van der Waals surface area contributed by atoms with Gasteiger partial charge in [0, 0.05) is 23.2 Å². The molecule has 3 aliphatic rings. The summed E-state index contributed by atoms with van der Waals surface area (Å²) >= 11 is 1.04. The normalized spacial score (nSPS) is 22.5. The Balaban J connectivity index is 1.35. The molecule has 2 fully saturated rings. The summed E-state index contributed by atoms with van der Waals surface area (Å²) < 4.78 is 0. The number of anilines is 2. The van der Waals surface area contributed by atoms with Crippen LogP contribution in [0.1, 0.15) is 25.0 Å². The van der Waals surface area contributed by atoms with Crippen LogP contribution in [0.5, 0.6) is 5.75 Å². The number of aromatic nitrogens is 1. The molecule has 0 spiro atoms. The maximum atomic E-state index is 13.0. The number of rotatable bonds is 6. The van der Waals surface area contributed by atoms with E-state index < -0.39 is 35.6 Å². The Bertz CT molecular complexity index is 1440. The molecule has 3 aliphatic heterocycles. The first-order valence-electron chi connectivity index (χ1n) is 11.5. The lowest BCUT2D eigenvalue weighted by molar-refractivity contribution is -0.155. The second-order valence-electron chi connectivity index (χ2n) is 8.86. The van der Waals surface area contributed by atoms with Gasteiger partial charge in [0.1, 0.15) is 23.2 Å². The van der Waals surface area contributed by atoms with E-state index in [1.807, 2.05) is 0 Å². The highest BCUT2D eigenvalue weighted by molar-refractivity contribution is 7.13. The molecule has 2 atom stereocenters. The number of carbonyl (C=O) groups excluding carboxylic acids is 3. The molecule has 13 nitrogen and oxygen atoms in total. The number of aromatic hydroxyl groups is 1. The third-order valence-corrected chi connectivity index (χ3v) is 7.35. The van der Waals surface area contributed by atoms with Crippen LogP contribution in [0.25, 0.3) is 0 Å². The van der Waals surface area contributed by atoms with Crippen LogP contribution in [0.15, 0.2) is 57.7 Å². The highest BCUT2D eigenvalue weighted by Crippen LogP contribution is 2.38. The summed E-state index contributed by atoms with van der Waals surface area (Å²) in [6.45, 7) is 0.393. The van der Waals surface area contributed by atoms with Gasteiger partial charge in [-0.25, -0.2) is 9.78 Å². The van der Waals surface area contributed by atoms with Gasteiger partial charge in [-0.1, -0.05) is 5.16 Å². The average Bonchev–Trinajstić information content (AvgIpc) is 3.48. The summed E-state index contributed by atoms with van der Waals surface area (Å²) in [5, 5.41) is 35.8. The first kappa shape index (κ1) is 25.0. The van der Waals surface area contributed by atoms with Gasteiger partial charge in [-0.2, -0.15) is 0 Å². The van der Waals surface area contributed by atoms with Crippen molar-refractivity contribution in [1.29, 1.82) is 0 Å². The molecule has 4 heterocycles. The zero-order valence-corrected chi connectivity index (χ0v) is 20.5. The lowest BCUT2D eigenvalue weighted by Crippen LogP contribution is -2.72. The molecule has 2 saturated heterocycles. The summed E-state index contributed by atoms with van der Waals surface area (Å²) in [5.41, 5.74) is 6.32. The molecule has 0 unspecified atom stereocenters. The second-order valence-corrected chi connectivity index (χ2v) is 9.75. The van der Waals surface area contributed by atoms with Crippen LogP contribution in [-0.2, 0) is 19.2 Å². The number of nitrogens with two attached hydrogens (primary N) is 1. The maximum Gasteiger partial charge on any atom is 0.352 e. The minimum atomic E-state index is -1.32. The molecule has 3 amide bonds. The van der Waals surface area contributed by atoms with Crippen molar-refractivity contribution in [2.24, 2.45) is 5.16 Å². The first-order chi connectivity index (χ1) is 18.2. The molecule has 14 heteroatoms. The molecule has 0 radical (unpaired) electrons. The highest BCUT2D eigenvalue weighted by Gasteiger charge is 2.53. The van der Waals surface area contributed by atoms with E-state index in [9.17, 15) is 34.6 Å². The average molecular weight is 539 g/mol. The van der Waals surface area contributed by atoms with Crippen molar-refractivity contribution in [3.8, 4) is 5.75 Å². The number of fused-ring (bicyclic) bond motifs is 1. The number of aliphatic carboxylic acids is 1. The number of β-lactam (4-membered cyclic amide) rings is 1. The largest absolute Gasteiger partial charge is 0.508 e. The number of hydrogen-bond donors (Lipinski definition) is 5. The number of thiazole rings is 1. The van der Waals surface area contributed by atoms with Gasteiger partial charge < -0.3 is 31.4 Å². The zero-order chi connectivity index (χ0) is 27.1. The van der Waals surface area contributed by atoms with Crippen LogP contribution >= 0.6 is 11.3 Å². The number of nitrogens with zero attached hydrogens (tertiary/aromatic N) is 4. The van der Waals surface area contributed by atoms with E-state index in [1.165, 1.54) is 28.5 Å². The van der Waals surface area contributed by atoms with E-state index in [-0.39, 0.29) is 34.6 Å². The van der Waals surface area contributed by atoms with Crippen LogP contribution in [0.4, 0.5) is 10.8 Å². The van der Waals surface area contributed by atoms with Crippen LogP contribution in [0.2, 0.25) is 0 Å². The van der Waals surface area contributed by atoms with Crippen molar-refractivity contribution < 1.29 is 34.6 Å². The topological polar surface area (TPSA) is 199 Å². The quantitative estimate of drug-likeness (QED) is 0.116. The standard InChI is InChI=1S/C24H22N6O7S/c25-24-26-15(10-38-24)17(28-37)20(32)27-18-16-6-1-11(19(23(35)36)30(16)22(18)34)9-12-7-8-29(21(12)33)13-2-4-14(31)5-3-13/h2-5,9-10,16,18,31,37H,1,6-8H2,(H2,25,26)(H,27,32)(H,35,36)/t16-,18+/m1/s1. The van der Waals surface area contributed by atoms with Crippen LogP contribution in [0.3, 0.4) is 0 Å². The highest BCUT2D eigenvalue weighted by atomic mass is 32.1. The number of nitrogens with one attached hydrogen (secondary N) is 1. The predicted molar refractivity (Wildman–Crippen MR) is 134 cm³/mol. The predicted octanol–water partition coefficient (Wildman–Crippen LogP) is 0.801. The molecule has 2 aromatic rings. The number of phenols is 1. The number of benzene rings is 1. The minimum absolute atomic E-state index is 0.0439. The van der Waals surface area contributed by atoms with E-state index in [0.29, 0.717) is 36.2 Å². The van der Waals surface area contributed by atoms with Gasteiger partial charge in [-0.3, -0.25) is 19.3 Å². The van der Waals surface area contributed by atoms with Crippen LogP contribution in [0, 0.1) is 0 Å². The number of hydrogen-bond acceptors (Lipinski definition) is 10. The molecular weight excluding hydrogens is 516 g/mol. The number of phenolic OH excluding ortho intramolecular Hbond substituents is 1. The summed E-state index contributed by atoms with van der Waals surface area (Å²) in [6, 6.07) is 4.55. The van der Waals surface area contributed by atoms with Crippen molar-refractivity contribution in [2.75, 3.05) is 17.2 Å². The second kappa shape index (κ2) is 9.63. The molecule has 0 bridgehead atoms. The molecule has 1 aromatic carbocycles. The molecule has 38 heavy (non-hydrogen) atoms. The van der Waals surface area contributed by atoms with Gasteiger partial charge in [0.2, 0.25) is 0 Å². The Kier molecular flexibility index (Phi) is 6.32. The zero-order valence-electron chi connectivity index (χ0n) is 19.7. The minimum Gasteiger partial charge on any atom is -0.508 e. The molecule has 6 N–H and O–H groups in total. The summed E-state index contributed by atoms with van der Waals surface area (Å²) in [6.07, 6.45) is 2.53. The summed E-state index contributed by atoms with van der Waals surface area (Å²) in [5.74, 6) is -3.01. The molecule has 196 valence electrons. The van der Waals surface area contributed by atoms with Gasteiger partial charge in [0.05, 0.1) is 6.04 Å². The number of nitrogen functional groups attached to an aromatic ring is 1. The number of allylic oxidation sites excluding steroid dienone is 2. The van der Waals surface area contributed by atoms with Crippen molar-refractivity contribution in [3.05, 3.63) is 58.3 Å². The van der Waals surface area contributed by atoms with Crippen molar-refractivity contribution in [1.82, 2.24) is 15.2 Å². The van der Waals surface area contributed by atoms with E-state index in [4.69, 9.17) is 5.73 Å². The molecule has 5 rings (SSSR count). The van der Waals surface area contributed by atoms with Crippen LogP contribution in [-0.4, -0.2) is 73.3 Å². The van der Waals surface area contributed by atoms with Gasteiger partial charge in [0.25, 0.3) is 17.7 Å². The van der Waals surface area contributed by atoms with Crippen molar-refractivity contribution in [2.45, 2.75) is 31.3 Å². The molecule has 0 aliphatic carbocycles. The van der Waals surface area contributed by atoms with Crippen LogP contribution < -0.4 is 16.0 Å². The fourth-order valence-electron chi connectivity index (χ4n) is 4.89. The van der Waals surface area contributed by atoms with Gasteiger partial charge in [-0.15, -0.1) is 11.3 Å². The Hall–Kier alpha value is -4.72. The number of carbonyl (C=O) groups is 4. The smallest absolute Gasteiger partial charge is 0.352 e. The van der Waals surface area contributed by atoms with Crippen molar-refractivity contribution >= 4 is 51.6 Å². The lowest BCUT2D eigenvalue weighted by Gasteiger charge is -2.50. The third-order valence-electron chi connectivity index (χ3n) is 6.68. The van der Waals surface area contributed by atoms with Gasteiger partial charge >= 0.3 is 5.97 Å². The fraction of sp³-hybridized carbons (Fsp3) is 0.250. The van der Waals surface area contributed by atoms with Crippen molar-refractivity contribution in [3.63, 3.8) is 0 Å². The molecule has 1 aromatic heterocycles. The third kappa shape index (κ3) is 4.24. The van der Waals surface area contributed by atoms with Gasteiger partial charge in [-0.05, 0) is 55.2 Å². The van der Waals surface area contributed by atoms with E-state index in [2.05, 4.69) is 15.5 Å². The summed E-state index contributed by atoms with van der Waals surface area (Å²) in [7, 11) is 0. The Morgan fingerprint density at radius 2 is 1.95 bits per heavy atom. The Morgan fingerprint density at radius 1 is 1.21 bits per heavy atom. The Morgan fingerprint density at radius 3 is 2.58 bits per heavy atom. The van der Waals surface area contributed by atoms with E-state index in [1.54, 1.807) is 12.1 Å². The number of carboxylic acids is 1. The molecular formula is C24H22N6O7S. The SMILES string of the molecule is Nc1nc(C(=NO)C(=O)N[C@@H]2C(=O)N3C(C(=O)O)=C(C=C4CCN(c5ccc(O)cc5)C4=O)CC[C@H]23)cs1. The maximum absolute atomic E-state index is 13.0. The van der Waals surface area contributed by atoms with Gasteiger partial charge in [0.15, 0.2) is 10.8 Å². The number of amides is 3. The monoisotopic (exact) mass is 538 g/mol. The fourth-order valence-corrected chi connectivity index (χ4v) is 5.44. The number of oxime groups is 1. The number of carboxylic acid groups (broad SMARTS) is 1. The molecule has 0 saturated carbocycles. The summed E-state index contributed by atoms with van der Waals surface area (Å²) in [4.78, 5) is 57.4.